The minimum Gasteiger partial charge on any atom is -0.373 e. The Morgan fingerprint density at radius 3 is 2.19 bits per heavy atom. The lowest BCUT2D eigenvalue weighted by Gasteiger charge is -2.36. The maximum atomic E-state index is 13.3. The van der Waals surface area contributed by atoms with Crippen LogP contribution in [0.4, 0.5) is 0 Å². The van der Waals surface area contributed by atoms with Crippen LogP contribution in [0.2, 0.25) is 0 Å². The van der Waals surface area contributed by atoms with E-state index in [1.54, 1.807) is 11.7 Å². The number of ether oxygens (including phenoxy) is 1. The molecule has 0 amide bonds. The summed E-state index contributed by atoms with van der Waals surface area (Å²) in [7, 11) is -2.01. The largest absolute Gasteiger partial charge is 0.373 e. The molecule has 1 fully saturated rings. The Morgan fingerprint density at radius 1 is 1.00 bits per heavy atom. The van der Waals surface area contributed by atoms with E-state index < -0.39 is 10.2 Å². The molecule has 1 saturated heterocycles. The zero-order valence-electron chi connectivity index (χ0n) is 18.0. The minimum absolute atomic E-state index is 0.132. The van der Waals surface area contributed by atoms with Crippen molar-refractivity contribution in [2.45, 2.75) is 32.6 Å². The van der Waals surface area contributed by atoms with E-state index in [2.05, 4.69) is 0 Å². The molecule has 0 radical (unpaired) electrons. The summed E-state index contributed by atoms with van der Waals surface area (Å²) in [6.45, 7) is 4.72. The second-order valence-electron chi connectivity index (χ2n) is 7.99. The summed E-state index contributed by atoms with van der Waals surface area (Å²) in [5.41, 5.74) is 3.49. The predicted octanol–water partition coefficient (Wildman–Crippen LogP) is 3.33. The maximum absolute atomic E-state index is 13.3. The third-order valence-electron chi connectivity index (χ3n) is 5.36. The standard InChI is InChI=1S/C23H28N4O3S/c1-18-14-26(15-19(2)30-18)31(28,29)25(3)16-21-17-27(22-12-8-5-9-13-22)24-23(21)20-10-6-4-7-11-20/h4-13,17-19H,14-16H2,1-3H3/t18-,19+. The lowest BCUT2D eigenvalue weighted by molar-refractivity contribution is -0.0453. The van der Waals surface area contributed by atoms with Gasteiger partial charge in [0.05, 0.1) is 23.6 Å². The van der Waals surface area contributed by atoms with Gasteiger partial charge in [-0.2, -0.15) is 22.1 Å². The van der Waals surface area contributed by atoms with Crippen LogP contribution >= 0.6 is 0 Å². The third kappa shape index (κ3) is 4.72. The highest BCUT2D eigenvalue weighted by Crippen LogP contribution is 2.26. The highest BCUT2D eigenvalue weighted by atomic mass is 32.2. The van der Waals surface area contributed by atoms with Gasteiger partial charge >= 0.3 is 0 Å². The van der Waals surface area contributed by atoms with Crippen LogP contribution in [0.3, 0.4) is 0 Å². The number of hydrogen-bond acceptors (Lipinski definition) is 4. The molecule has 3 aromatic rings. The fourth-order valence-corrected chi connectivity index (χ4v) is 5.41. The van der Waals surface area contributed by atoms with E-state index in [-0.39, 0.29) is 18.8 Å². The van der Waals surface area contributed by atoms with Crippen molar-refractivity contribution in [2.75, 3.05) is 20.1 Å². The highest BCUT2D eigenvalue weighted by molar-refractivity contribution is 7.86. The first-order valence-corrected chi connectivity index (χ1v) is 11.8. The Hall–Kier alpha value is -2.52. The fourth-order valence-electron chi connectivity index (χ4n) is 3.92. The van der Waals surface area contributed by atoms with E-state index in [0.29, 0.717) is 13.1 Å². The van der Waals surface area contributed by atoms with Crippen LogP contribution in [0.15, 0.2) is 66.9 Å². The molecule has 2 aromatic carbocycles. The summed E-state index contributed by atoms with van der Waals surface area (Å²) in [5, 5.41) is 4.78. The van der Waals surface area contributed by atoms with E-state index in [9.17, 15) is 8.42 Å². The molecular formula is C23H28N4O3S. The van der Waals surface area contributed by atoms with Gasteiger partial charge in [-0.3, -0.25) is 0 Å². The molecule has 164 valence electrons. The summed E-state index contributed by atoms with van der Waals surface area (Å²) < 4.78 is 37.0. The van der Waals surface area contributed by atoms with Crippen molar-refractivity contribution in [1.29, 1.82) is 0 Å². The van der Waals surface area contributed by atoms with Crippen LogP contribution in [-0.4, -0.2) is 59.2 Å². The molecule has 1 aromatic heterocycles. The second-order valence-corrected chi connectivity index (χ2v) is 10.0. The smallest absolute Gasteiger partial charge is 0.282 e. The van der Waals surface area contributed by atoms with E-state index in [1.165, 1.54) is 8.61 Å². The van der Waals surface area contributed by atoms with Gasteiger partial charge in [-0.15, -0.1) is 0 Å². The van der Waals surface area contributed by atoms with Gasteiger partial charge in [-0.1, -0.05) is 48.5 Å². The van der Waals surface area contributed by atoms with Crippen molar-refractivity contribution >= 4 is 10.2 Å². The Labute approximate surface area is 184 Å². The molecule has 0 bridgehead atoms. The molecule has 2 atom stereocenters. The van der Waals surface area contributed by atoms with E-state index in [0.717, 1.165) is 22.5 Å². The molecule has 0 N–H and O–H groups in total. The summed E-state index contributed by atoms with van der Waals surface area (Å²) in [6, 6.07) is 19.7. The van der Waals surface area contributed by atoms with Crippen molar-refractivity contribution < 1.29 is 13.2 Å². The van der Waals surface area contributed by atoms with Gasteiger partial charge in [0.25, 0.3) is 10.2 Å². The zero-order chi connectivity index (χ0) is 22.0. The zero-order valence-corrected chi connectivity index (χ0v) is 18.9. The number of aromatic nitrogens is 2. The average molecular weight is 441 g/mol. The van der Waals surface area contributed by atoms with Crippen LogP contribution in [0.1, 0.15) is 19.4 Å². The lowest BCUT2D eigenvalue weighted by atomic mass is 10.1. The number of morpholine rings is 1. The predicted molar refractivity (Wildman–Crippen MR) is 121 cm³/mol. The van der Waals surface area contributed by atoms with Crippen LogP contribution in [0.5, 0.6) is 0 Å². The maximum Gasteiger partial charge on any atom is 0.282 e. The van der Waals surface area contributed by atoms with Gasteiger partial charge in [-0.05, 0) is 26.0 Å². The average Bonchev–Trinajstić information content (AvgIpc) is 3.18. The van der Waals surface area contributed by atoms with Crippen molar-refractivity contribution in [3.05, 3.63) is 72.4 Å². The summed E-state index contributed by atoms with van der Waals surface area (Å²) in [5.74, 6) is 0. The highest BCUT2D eigenvalue weighted by Gasteiger charge is 2.34. The topological polar surface area (TPSA) is 67.7 Å². The first-order valence-electron chi connectivity index (χ1n) is 10.4. The fraction of sp³-hybridized carbons (Fsp3) is 0.348. The molecule has 4 rings (SSSR count). The second kappa shape index (κ2) is 8.92. The number of benzene rings is 2. The number of nitrogens with zero attached hydrogens (tertiary/aromatic N) is 4. The summed E-state index contributed by atoms with van der Waals surface area (Å²) >= 11 is 0. The Bertz CT molecular complexity index is 1110. The van der Waals surface area contributed by atoms with Crippen molar-refractivity contribution in [1.82, 2.24) is 18.4 Å². The van der Waals surface area contributed by atoms with Gasteiger partial charge in [0.15, 0.2) is 0 Å². The quantitative estimate of drug-likeness (QED) is 0.590. The van der Waals surface area contributed by atoms with E-state index >= 15 is 0 Å². The molecule has 0 spiro atoms. The SMILES string of the molecule is C[C@@H]1CN(S(=O)(=O)N(C)Cc2cn(-c3ccccc3)nc2-c2ccccc2)C[C@H](C)O1. The molecule has 1 aliphatic heterocycles. The van der Waals surface area contributed by atoms with Gasteiger partial charge in [0.1, 0.15) is 0 Å². The van der Waals surface area contributed by atoms with E-state index in [4.69, 9.17) is 9.84 Å². The summed E-state index contributed by atoms with van der Waals surface area (Å²) in [4.78, 5) is 0. The normalized spacial score (nSPS) is 20.3. The monoisotopic (exact) mass is 440 g/mol. The first kappa shape index (κ1) is 21.7. The first-order chi connectivity index (χ1) is 14.8. The molecular weight excluding hydrogens is 412 g/mol. The van der Waals surface area contributed by atoms with Crippen LogP contribution in [-0.2, 0) is 21.5 Å². The van der Waals surface area contributed by atoms with Gasteiger partial charge in [0, 0.05) is 44.0 Å². The van der Waals surface area contributed by atoms with Gasteiger partial charge < -0.3 is 4.74 Å². The molecule has 8 heteroatoms. The number of para-hydroxylation sites is 1. The molecule has 0 unspecified atom stereocenters. The summed E-state index contributed by atoms with van der Waals surface area (Å²) in [6.07, 6.45) is 1.65. The van der Waals surface area contributed by atoms with Crippen molar-refractivity contribution in [2.24, 2.45) is 0 Å². The van der Waals surface area contributed by atoms with Crippen molar-refractivity contribution in [3.8, 4) is 16.9 Å². The Balaban J connectivity index is 1.66. The molecule has 7 nitrogen and oxygen atoms in total. The minimum atomic E-state index is -3.63. The molecule has 0 aliphatic carbocycles. The van der Waals surface area contributed by atoms with Crippen molar-refractivity contribution in [3.63, 3.8) is 0 Å². The molecule has 1 aliphatic rings. The number of rotatable bonds is 6. The Kier molecular flexibility index (Phi) is 6.24. The van der Waals surface area contributed by atoms with Crippen LogP contribution in [0.25, 0.3) is 16.9 Å². The van der Waals surface area contributed by atoms with Gasteiger partial charge in [0.2, 0.25) is 0 Å². The van der Waals surface area contributed by atoms with Gasteiger partial charge in [-0.25, -0.2) is 4.68 Å². The Morgan fingerprint density at radius 2 is 1.58 bits per heavy atom. The molecule has 31 heavy (non-hydrogen) atoms. The lowest BCUT2D eigenvalue weighted by Crippen LogP contribution is -2.52. The molecule has 0 saturated carbocycles. The number of hydrogen-bond donors (Lipinski definition) is 0. The van der Waals surface area contributed by atoms with Crippen LogP contribution in [0, 0.1) is 0 Å². The van der Waals surface area contributed by atoms with Crippen LogP contribution < -0.4 is 0 Å². The molecule has 2 heterocycles. The third-order valence-corrected chi connectivity index (χ3v) is 7.22. The van der Waals surface area contributed by atoms with E-state index in [1.807, 2.05) is 80.7 Å².